The fourth-order valence-corrected chi connectivity index (χ4v) is 1.72. The minimum atomic E-state index is -1.01. The van der Waals surface area contributed by atoms with Crippen LogP contribution in [0.2, 0.25) is 0 Å². The molecule has 1 atom stereocenters. The van der Waals surface area contributed by atoms with E-state index in [9.17, 15) is 9.59 Å². The zero-order valence-electron chi connectivity index (χ0n) is 10.1. The summed E-state index contributed by atoms with van der Waals surface area (Å²) in [5.41, 5.74) is 0. The van der Waals surface area contributed by atoms with Gasteiger partial charge in [-0.1, -0.05) is 13.3 Å². The first kappa shape index (κ1) is 13.8. The van der Waals surface area contributed by atoms with E-state index in [-0.39, 0.29) is 25.2 Å². The highest BCUT2D eigenvalue weighted by molar-refractivity contribution is 5.82. The van der Waals surface area contributed by atoms with Crippen molar-refractivity contribution in [2.75, 3.05) is 13.2 Å². The lowest BCUT2D eigenvalue weighted by Gasteiger charge is -2.24. The molecule has 0 saturated heterocycles. The number of amides is 2. The average Bonchev–Trinajstić information content (AvgIpc) is 3.08. The number of aliphatic carboxylic acids is 1. The van der Waals surface area contributed by atoms with Gasteiger partial charge in [-0.3, -0.25) is 0 Å². The van der Waals surface area contributed by atoms with Crippen LogP contribution in [0.5, 0.6) is 0 Å². The molecule has 17 heavy (non-hydrogen) atoms. The number of hydrogen-bond donors (Lipinski definition) is 3. The molecule has 0 aromatic carbocycles. The molecule has 0 heterocycles. The fourth-order valence-electron chi connectivity index (χ4n) is 1.72. The Kier molecular flexibility index (Phi) is 5.21. The molecule has 1 fully saturated rings. The Morgan fingerprint density at radius 2 is 2.12 bits per heavy atom. The number of nitrogens with zero attached hydrogens (tertiary/aromatic N) is 1. The zero-order chi connectivity index (χ0) is 12.8. The SMILES string of the molecule is CCCC(NC(=O)N(CCO)C1CC1)C(=O)O. The summed E-state index contributed by atoms with van der Waals surface area (Å²) < 4.78 is 0. The molecule has 6 nitrogen and oxygen atoms in total. The van der Waals surface area contributed by atoms with Crippen LogP contribution in [0.1, 0.15) is 32.6 Å². The molecule has 0 aromatic rings. The molecule has 98 valence electrons. The summed E-state index contributed by atoms with van der Waals surface area (Å²) in [6.07, 6.45) is 2.97. The van der Waals surface area contributed by atoms with Gasteiger partial charge in [0.15, 0.2) is 0 Å². The van der Waals surface area contributed by atoms with E-state index in [1.165, 1.54) is 4.90 Å². The molecule has 0 aliphatic heterocycles. The van der Waals surface area contributed by atoms with Crippen LogP contribution in [0.4, 0.5) is 4.79 Å². The lowest BCUT2D eigenvalue weighted by atomic mass is 10.2. The van der Waals surface area contributed by atoms with Crippen molar-refractivity contribution in [3.05, 3.63) is 0 Å². The number of urea groups is 1. The molecule has 1 aliphatic carbocycles. The lowest BCUT2D eigenvalue weighted by molar-refractivity contribution is -0.139. The number of aliphatic hydroxyl groups excluding tert-OH is 1. The Balaban J connectivity index is 2.51. The highest BCUT2D eigenvalue weighted by Gasteiger charge is 2.33. The maximum Gasteiger partial charge on any atom is 0.326 e. The molecule has 1 unspecified atom stereocenters. The second-order valence-electron chi connectivity index (χ2n) is 4.28. The summed E-state index contributed by atoms with van der Waals surface area (Å²) >= 11 is 0. The van der Waals surface area contributed by atoms with Crippen LogP contribution >= 0.6 is 0 Å². The van der Waals surface area contributed by atoms with Gasteiger partial charge in [-0.25, -0.2) is 9.59 Å². The van der Waals surface area contributed by atoms with Gasteiger partial charge in [0, 0.05) is 12.6 Å². The molecule has 0 bridgehead atoms. The first-order valence-electron chi connectivity index (χ1n) is 6.01. The van der Waals surface area contributed by atoms with Crippen LogP contribution in [0.15, 0.2) is 0 Å². The van der Waals surface area contributed by atoms with Crippen molar-refractivity contribution in [2.24, 2.45) is 0 Å². The predicted molar refractivity (Wildman–Crippen MR) is 61.7 cm³/mol. The first-order valence-corrected chi connectivity index (χ1v) is 6.01. The van der Waals surface area contributed by atoms with E-state index in [2.05, 4.69) is 5.32 Å². The number of aliphatic hydroxyl groups is 1. The third-order valence-corrected chi connectivity index (χ3v) is 2.76. The van der Waals surface area contributed by atoms with Gasteiger partial charge in [0.05, 0.1) is 6.61 Å². The Morgan fingerprint density at radius 1 is 1.47 bits per heavy atom. The van der Waals surface area contributed by atoms with Crippen LogP contribution in [0.3, 0.4) is 0 Å². The van der Waals surface area contributed by atoms with Gasteiger partial charge < -0.3 is 20.4 Å². The summed E-state index contributed by atoms with van der Waals surface area (Å²) in [6, 6.07) is -1.06. The van der Waals surface area contributed by atoms with E-state index in [1.807, 2.05) is 6.92 Å². The second-order valence-corrected chi connectivity index (χ2v) is 4.28. The van der Waals surface area contributed by atoms with E-state index < -0.39 is 12.0 Å². The molecule has 2 amide bonds. The van der Waals surface area contributed by atoms with Crippen molar-refractivity contribution in [1.82, 2.24) is 10.2 Å². The lowest BCUT2D eigenvalue weighted by Crippen LogP contribution is -2.49. The largest absolute Gasteiger partial charge is 0.480 e. The molecule has 1 saturated carbocycles. The highest BCUT2D eigenvalue weighted by Crippen LogP contribution is 2.26. The van der Waals surface area contributed by atoms with Crippen molar-refractivity contribution in [3.8, 4) is 0 Å². The number of carbonyl (C=O) groups excluding carboxylic acids is 1. The van der Waals surface area contributed by atoms with Gasteiger partial charge in [-0.15, -0.1) is 0 Å². The van der Waals surface area contributed by atoms with Crippen LogP contribution in [0.25, 0.3) is 0 Å². The van der Waals surface area contributed by atoms with Crippen LogP contribution in [0, 0.1) is 0 Å². The number of hydrogen-bond acceptors (Lipinski definition) is 3. The second kappa shape index (κ2) is 6.44. The van der Waals surface area contributed by atoms with Gasteiger partial charge in [0.1, 0.15) is 6.04 Å². The Bertz CT molecular complexity index is 279. The van der Waals surface area contributed by atoms with Gasteiger partial charge in [-0.05, 0) is 19.3 Å². The number of carboxylic acids is 1. The molecule has 1 aliphatic rings. The van der Waals surface area contributed by atoms with E-state index in [4.69, 9.17) is 10.2 Å². The predicted octanol–water partition coefficient (Wildman–Crippen LogP) is 0.406. The molecular weight excluding hydrogens is 224 g/mol. The quantitative estimate of drug-likeness (QED) is 0.605. The first-order chi connectivity index (χ1) is 8.10. The fraction of sp³-hybridized carbons (Fsp3) is 0.818. The van der Waals surface area contributed by atoms with Gasteiger partial charge in [-0.2, -0.15) is 0 Å². The summed E-state index contributed by atoms with van der Waals surface area (Å²) in [4.78, 5) is 24.3. The number of rotatable bonds is 7. The highest BCUT2D eigenvalue weighted by atomic mass is 16.4. The van der Waals surface area contributed by atoms with E-state index >= 15 is 0 Å². The molecule has 0 aromatic heterocycles. The molecule has 3 N–H and O–H groups in total. The average molecular weight is 244 g/mol. The van der Waals surface area contributed by atoms with Gasteiger partial charge in [0.2, 0.25) is 0 Å². The summed E-state index contributed by atoms with van der Waals surface area (Å²) in [5, 5.41) is 20.3. The number of carboxylic acid groups (broad SMARTS) is 1. The van der Waals surface area contributed by atoms with Crippen molar-refractivity contribution in [2.45, 2.75) is 44.7 Å². The molecule has 6 heteroatoms. The van der Waals surface area contributed by atoms with E-state index in [0.29, 0.717) is 12.8 Å². The van der Waals surface area contributed by atoms with Crippen molar-refractivity contribution in [3.63, 3.8) is 0 Å². The molecule has 1 rings (SSSR count). The molecule has 0 radical (unpaired) electrons. The third-order valence-electron chi connectivity index (χ3n) is 2.76. The van der Waals surface area contributed by atoms with Crippen LogP contribution in [-0.2, 0) is 4.79 Å². The monoisotopic (exact) mass is 244 g/mol. The number of nitrogens with one attached hydrogen (secondary N) is 1. The maximum absolute atomic E-state index is 11.8. The topological polar surface area (TPSA) is 89.9 Å². The summed E-state index contributed by atoms with van der Waals surface area (Å²) in [5.74, 6) is -1.01. The van der Waals surface area contributed by atoms with Crippen molar-refractivity contribution in [1.29, 1.82) is 0 Å². The van der Waals surface area contributed by atoms with Gasteiger partial charge >= 0.3 is 12.0 Å². The Labute approximate surface area is 101 Å². The standard InChI is InChI=1S/C11H20N2O4/c1-2-3-9(10(15)16)12-11(17)13(6-7-14)8-4-5-8/h8-9,14H,2-7H2,1H3,(H,12,17)(H,15,16). The minimum Gasteiger partial charge on any atom is -0.480 e. The Hall–Kier alpha value is -1.30. The van der Waals surface area contributed by atoms with Crippen LogP contribution < -0.4 is 5.32 Å². The van der Waals surface area contributed by atoms with Gasteiger partial charge in [0.25, 0.3) is 0 Å². The van der Waals surface area contributed by atoms with Crippen molar-refractivity contribution >= 4 is 12.0 Å². The normalized spacial score (nSPS) is 16.4. The third kappa shape index (κ3) is 4.22. The summed E-state index contributed by atoms with van der Waals surface area (Å²) in [7, 11) is 0. The zero-order valence-corrected chi connectivity index (χ0v) is 10.1. The van der Waals surface area contributed by atoms with Crippen molar-refractivity contribution < 1.29 is 19.8 Å². The molecule has 0 spiro atoms. The summed E-state index contributed by atoms with van der Waals surface area (Å²) in [6.45, 7) is 2.03. The van der Waals surface area contributed by atoms with E-state index in [0.717, 1.165) is 12.8 Å². The number of carbonyl (C=O) groups is 2. The van der Waals surface area contributed by atoms with E-state index in [1.54, 1.807) is 0 Å². The smallest absolute Gasteiger partial charge is 0.326 e. The Morgan fingerprint density at radius 3 is 2.53 bits per heavy atom. The molecular formula is C11H20N2O4. The minimum absolute atomic E-state index is 0.102. The van der Waals surface area contributed by atoms with Crippen LogP contribution in [-0.4, -0.2) is 52.3 Å². The maximum atomic E-state index is 11.8.